The van der Waals surface area contributed by atoms with Crippen molar-refractivity contribution in [1.82, 2.24) is 9.97 Å². The van der Waals surface area contributed by atoms with E-state index in [1.165, 1.54) is 18.2 Å². The van der Waals surface area contributed by atoms with E-state index in [9.17, 15) is 4.39 Å². The van der Waals surface area contributed by atoms with E-state index in [0.29, 0.717) is 28.5 Å². The summed E-state index contributed by atoms with van der Waals surface area (Å²) in [5.74, 6) is 0.955. The van der Waals surface area contributed by atoms with Gasteiger partial charge in [-0.05, 0) is 34.1 Å². The molecule has 0 aliphatic heterocycles. The fourth-order valence-corrected chi connectivity index (χ4v) is 1.93. The summed E-state index contributed by atoms with van der Waals surface area (Å²) >= 11 is 9.15. The van der Waals surface area contributed by atoms with Crippen molar-refractivity contribution in [2.24, 2.45) is 0 Å². The van der Waals surface area contributed by atoms with Crippen molar-refractivity contribution in [1.29, 1.82) is 0 Å². The first-order chi connectivity index (χ1) is 8.58. The summed E-state index contributed by atoms with van der Waals surface area (Å²) in [6.45, 7) is 1.94. The van der Waals surface area contributed by atoms with Crippen LogP contribution in [0.1, 0.15) is 12.7 Å². The predicted molar refractivity (Wildman–Crippen MR) is 70.6 cm³/mol. The molecule has 0 radical (unpaired) electrons. The summed E-state index contributed by atoms with van der Waals surface area (Å²) in [5, 5.41) is 0.197. The Kier molecular flexibility index (Phi) is 4.14. The van der Waals surface area contributed by atoms with E-state index >= 15 is 0 Å². The molecular weight excluding hydrogens is 322 g/mol. The Morgan fingerprint density at radius 1 is 1.33 bits per heavy atom. The number of halogens is 3. The topological polar surface area (TPSA) is 35.0 Å². The van der Waals surface area contributed by atoms with Gasteiger partial charge in [0.15, 0.2) is 0 Å². The summed E-state index contributed by atoms with van der Waals surface area (Å²) in [4.78, 5) is 8.36. The molecule has 0 saturated heterocycles. The highest BCUT2D eigenvalue weighted by Crippen LogP contribution is 2.29. The molecule has 6 heteroatoms. The smallest absolute Gasteiger partial charge is 0.223 e. The fraction of sp³-hybridized carbons (Fsp3) is 0.167. The van der Waals surface area contributed by atoms with Crippen LogP contribution in [0.3, 0.4) is 0 Å². The highest BCUT2D eigenvalue weighted by molar-refractivity contribution is 9.10. The monoisotopic (exact) mass is 330 g/mol. The third-order valence-corrected chi connectivity index (χ3v) is 2.84. The van der Waals surface area contributed by atoms with Gasteiger partial charge in [0.1, 0.15) is 22.0 Å². The molecule has 0 aliphatic rings. The molecule has 1 heterocycles. The minimum atomic E-state index is -0.412. The zero-order valence-corrected chi connectivity index (χ0v) is 11.8. The van der Waals surface area contributed by atoms with Gasteiger partial charge in [-0.2, -0.15) is 4.98 Å². The van der Waals surface area contributed by atoms with Gasteiger partial charge in [-0.25, -0.2) is 9.37 Å². The van der Waals surface area contributed by atoms with E-state index in [1.807, 2.05) is 6.92 Å². The Hall–Kier alpha value is -1.20. The van der Waals surface area contributed by atoms with Gasteiger partial charge >= 0.3 is 0 Å². The van der Waals surface area contributed by atoms with Gasteiger partial charge in [-0.1, -0.05) is 18.5 Å². The van der Waals surface area contributed by atoms with Gasteiger partial charge in [0.25, 0.3) is 0 Å². The van der Waals surface area contributed by atoms with Crippen LogP contribution in [0.4, 0.5) is 4.39 Å². The molecule has 0 bridgehead atoms. The van der Waals surface area contributed by atoms with E-state index < -0.39 is 5.82 Å². The van der Waals surface area contributed by atoms with E-state index in [4.69, 9.17) is 16.3 Å². The molecule has 0 spiro atoms. The lowest BCUT2D eigenvalue weighted by atomic mass is 10.3. The van der Waals surface area contributed by atoms with Gasteiger partial charge in [-0.3, -0.25) is 0 Å². The lowest BCUT2D eigenvalue weighted by molar-refractivity contribution is 0.456. The first-order valence-electron chi connectivity index (χ1n) is 5.25. The van der Waals surface area contributed by atoms with E-state index in [2.05, 4.69) is 25.9 Å². The van der Waals surface area contributed by atoms with Crippen molar-refractivity contribution in [3.63, 3.8) is 0 Å². The van der Waals surface area contributed by atoms with Crippen LogP contribution >= 0.6 is 27.5 Å². The zero-order chi connectivity index (χ0) is 13.1. The van der Waals surface area contributed by atoms with Crippen LogP contribution in [0.5, 0.6) is 11.6 Å². The van der Waals surface area contributed by atoms with Crippen LogP contribution in [-0.4, -0.2) is 9.97 Å². The standard InChI is InChI=1S/C12H9BrClFN2O/c1-2-11-16-10(13)6-12(17-11)18-9-4-3-7(15)5-8(9)14/h3-6H,2H2,1H3. The molecule has 0 saturated carbocycles. The van der Waals surface area contributed by atoms with Crippen molar-refractivity contribution in [2.75, 3.05) is 0 Å². The second-order valence-electron chi connectivity index (χ2n) is 3.48. The number of aromatic nitrogens is 2. The van der Waals surface area contributed by atoms with Crippen molar-refractivity contribution >= 4 is 27.5 Å². The summed E-state index contributed by atoms with van der Waals surface area (Å²) in [7, 11) is 0. The zero-order valence-electron chi connectivity index (χ0n) is 9.45. The van der Waals surface area contributed by atoms with Crippen LogP contribution in [0.2, 0.25) is 5.02 Å². The summed E-state index contributed by atoms with van der Waals surface area (Å²) < 4.78 is 19.0. The number of nitrogens with zero attached hydrogens (tertiary/aromatic N) is 2. The third-order valence-electron chi connectivity index (χ3n) is 2.14. The van der Waals surface area contributed by atoms with Gasteiger partial charge in [0, 0.05) is 12.5 Å². The number of aryl methyl sites for hydroxylation is 1. The number of rotatable bonds is 3. The van der Waals surface area contributed by atoms with Crippen LogP contribution in [-0.2, 0) is 6.42 Å². The largest absolute Gasteiger partial charge is 0.437 e. The Morgan fingerprint density at radius 2 is 2.11 bits per heavy atom. The number of hydrogen-bond donors (Lipinski definition) is 0. The number of ether oxygens (including phenoxy) is 1. The molecule has 0 unspecified atom stereocenters. The lowest BCUT2D eigenvalue weighted by Crippen LogP contribution is -1.97. The van der Waals surface area contributed by atoms with E-state index in [1.54, 1.807) is 6.07 Å². The van der Waals surface area contributed by atoms with Gasteiger partial charge in [0.05, 0.1) is 5.02 Å². The Balaban J connectivity index is 2.30. The number of benzene rings is 1. The normalized spacial score (nSPS) is 10.4. The third kappa shape index (κ3) is 3.17. The first kappa shape index (κ1) is 13.2. The average molecular weight is 332 g/mol. The van der Waals surface area contributed by atoms with Gasteiger partial charge < -0.3 is 4.74 Å². The lowest BCUT2D eigenvalue weighted by Gasteiger charge is -2.07. The minimum Gasteiger partial charge on any atom is -0.437 e. The Morgan fingerprint density at radius 3 is 2.78 bits per heavy atom. The molecule has 0 amide bonds. The Bertz CT molecular complexity index is 580. The van der Waals surface area contributed by atoms with E-state index in [-0.39, 0.29) is 5.02 Å². The molecule has 1 aromatic carbocycles. The minimum absolute atomic E-state index is 0.197. The van der Waals surface area contributed by atoms with E-state index in [0.717, 1.165) is 0 Å². The molecule has 0 fully saturated rings. The summed E-state index contributed by atoms with van der Waals surface area (Å²) in [6, 6.07) is 5.55. The molecule has 1 aromatic heterocycles. The first-order valence-corrected chi connectivity index (χ1v) is 6.42. The molecule has 0 N–H and O–H groups in total. The summed E-state index contributed by atoms with van der Waals surface area (Å²) in [5.41, 5.74) is 0. The molecule has 94 valence electrons. The molecule has 2 rings (SSSR count). The molecule has 0 aliphatic carbocycles. The predicted octanol–water partition coefficient (Wildman–Crippen LogP) is 4.39. The van der Waals surface area contributed by atoms with Crippen molar-refractivity contribution in [3.8, 4) is 11.6 Å². The SMILES string of the molecule is CCc1nc(Br)cc(Oc2ccc(F)cc2Cl)n1. The summed E-state index contributed by atoms with van der Waals surface area (Å²) in [6.07, 6.45) is 0.687. The van der Waals surface area contributed by atoms with Gasteiger partial charge in [0.2, 0.25) is 5.88 Å². The van der Waals surface area contributed by atoms with Crippen LogP contribution in [0.25, 0.3) is 0 Å². The maximum absolute atomic E-state index is 12.9. The molecule has 2 aromatic rings. The highest BCUT2D eigenvalue weighted by Gasteiger charge is 2.08. The van der Waals surface area contributed by atoms with Crippen LogP contribution in [0.15, 0.2) is 28.9 Å². The van der Waals surface area contributed by atoms with Crippen molar-refractivity contribution in [3.05, 3.63) is 45.5 Å². The second kappa shape index (κ2) is 5.63. The maximum Gasteiger partial charge on any atom is 0.223 e. The molecule has 0 atom stereocenters. The van der Waals surface area contributed by atoms with Crippen LogP contribution in [0, 0.1) is 5.82 Å². The maximum atomic E-state index is 12.9. The Labute approximate surface area is 117 Å². The quantitative estimate of drug-likeness (QED) is 0.783. The van der Waals surface area contributed by atoms with Crippen molar-refractivity contribution in [2.45, 2.75) is 13.3 Å². The number of hydrogen-bond acceptors (Lipinski definition) is 3. The van der Waals surface area contributed by atoms with Gasteiger partial charge in [-0.15, -0.1) is 0 Å². The van der Waals surface area contributed by atoms with Crippen molar-refractivity contribution < 1.29 is 9.13 Å². The highest BCUT2D eigenvalue weighted by atomic mass is 79.9. The van der Waals surface area contributed by atoms with Crippen LogP contribution < -0.4 is 4.74 Å². The molecule has 18 heavy (non-hydrogen) atoms. The average Bonchev–Trinajstić information content (AvgIpc) is 2.32. The molecular formula is C12H9BrClFN2O. The second-order valence-corrected chi connectivity index (χ2v) is 4.70. The molecule has 3 nitrogen and oxygen atoms in total. The fourth-order valence-electron chi connectivity index (χ4n) is 1.32.